The second kappa shape index (κ2) is 6.62. The maximum absolute atomic E-state index is 12.7. The molecular formula is C13H17Cl2NO3S. The van der Waals surface area contributed by atoms with E-state index in [1.807, 2.05) is 0 Å². The zero-order valence-corrected chi connectivity index (χ0v) is 13.6. The lowest BCUT2D eigenvalue weighted by Crippen LogP contribution is -2.33. The van der Waals surface area contributed by atoms with Crippen LogP contribution in [0.4, 0.5) is 0 Å². The van der Waals surface area contributed by atoms with E-state index in [0.717, 1.165) is 5.56 Å². The minimum Gasteiger partial charge on any atom is -0.380 e. The van der Waals surface area contributed by atoms with Crippen LogP contribution in [-0.2, 0) is 20.6 Å². The molecule has 0 atom stereocenters. The van der Waals surface area contributed by atoms with Gasteiger partial charge in [0, 0.05) is 30.6 Å². The highest BCUT2D eigenvalue weighted by Gasteiger charge is 2.28. The van der Waals surface area contributed by atoms with Gasteiger partial charge >= 0.3 is 0 Å². The van der Waals surface area contributed by atoms with Crippen LogP contribution in [0.2, 0.25) is 5.02 Å². The van der Waals surface area contributed by atoms with E-state index in [1.165, 1.54) is 10.4 Å². The standard InChI is InChI=1S/C13H17Cl2NO3S/c1-10-11(9-14)7-12(15)8-13(10)20(17,18)16-3-2-5-19-6-4-16/h7-8H,2-6,9H2,1H3. The van der Waals surface area contributed by atoms with Gasteiger partial charge in [0.05, 0.1) is 11.5 Å². The van der Waals surface area contributed by atoms with Crippen LogP contribution in [0, 0.1) is 6.92 Å². The molecule has 1 aliphatic rings. The first-order chi connectivity index (χ1) is 9.46. The number of sulfonamides is 1. The highest BCUT2D eigenvalue weighted by Crippen LogP contribution is 2.28. The fraction of sp³-hybridized carbons (Fsp3) is 0.538. The number of hydrogen-bond donors (Lipinski definition) is 0. The number of rotatable bonds is 3. The van der Waals surface area contributed by atoms with Gasteiger partial charge in [0.1, 0.15) is 0 Å². The molecule has 1 aromatic rings. The second-order valence-electron chi connectivity index (χ2n) is 4.69. The summed E-state index contributed by atoms with van der Waals surface area (Å²) in [6.45, 7) is 3.60. The van der Waals surface area contributed by atoms with Crippen molar-refractivity contribution < 1.29 is 13.2 Å². The van der Waals surface area contributed by atoms with Crippen LogP contribution in [-0.4, -0.2) is 39.0 Å². The van der Waals surface area contributed by atoms with Crippen molar-refractivity contribution in [3.63, 3.8) is 0 Å². The van der Waals surface area contributed by atoms with Crippen LogP contribution in [0.1, 0.15) is 17.5 Å². The molecule has 0 bridgehead atoms. The monoisotopic (exact) mass is 337 g/mol. The van der Waals surface area contributed by atoms with Crippen molar-refractivity contribution in [1.82, 2.24) is 4.31 Å². The highest BCUT2D eigenvalue weighted by molar-refractivity contribution is 7.89. The third kappa shape index (κ3) is 3.28. The van der Waals surface area contributed by atoms with Gasteiger partial charge in [-0.1, -0.05) is 11.6 Å². The molecule has 0 aromatic heterocycles. The third-order valence-corrected chi connectivity index (χ3v) is 5.91. The van der Waals surface area contributed by atoms with Crippen molar-refractivity contribution in [3.8, 4) is 0 Å². The fourth-order valence-corrected chi connectivity index (χ4v) is 4.56. The highest BCUT2D eigenvalue weighted by atomic mass is 35.5. The van der Waals surface area contributed by atoms with Crippen LogP contribution < -0.4 is 0 Å². The first kappa shape index (κ1) is 16.0. The molecule has 0 unspecified atom stereocenters. The Balaban J connectivity index is 2.45. The third-order valence-electron chi connectivity index (χ3n) is 3.38. The Labute approximate surface area is 129 Å². The molecule has 1 saturated heterocycles. The van der Waals surface area contributed by atoms with Gasteiger partial charge in [-0.2, -0.15) is 4.31 Å². The van der Waals surface area contributed by atoms with Crippen molar-refractivity contribution in [2.24, 2.45) is 0 Å². The summed E-state index contributed by atoms with van der Waals surface area (Å²) < 4.78 is 32.3. The van der Waals surface area contributed by atoms with Crippen molar-refractivity contribution in [2.45, 2.75) is 24.1 Å². The molecule has 1 heterocycles. The topological polar surface area (TPSA) is 46.6 Å². The summed E-state index contributed by atoms with van der Waals surface area (Å²) in [7, 11) is -3.56. The van der Waals surface area contributed by atoms with Crippen LogP contribution >= 0.6 is 23.2 Å². The summed E-state index contributed by atoms with van der Waals surface area (Å²) in [5.74, 6) is 0.234. The normalized spacial score (nSPS) is 17.9. The Morgan fingerprint density at radius 3 is 2.75 bits per heavy atom. The molecule has 0 N–H and O–H groups in total. The van der Waals surface area contributed by atoms with E-state index >= 15 is 0 Å². The minimum atomic E-state index is -3.56. The Morgan fingerprint density at radius 1 is 1.30 bits per heavy atom. The van der Waals surface area contributed by atoms with Gasteiger partial charge in [0.2, 0.25) is 10.0 Å². The van der Waals surface area contributed by atoms with E-state index in [0.29, 0.717) is 43.3 Å². The SMILES string of the molecule is Cc1c(CCl)cc(Cl)cc1S(=O)(=O)N1CCCOCC1. The minimum absolute atomic E-state index is 0.234. The first-order valence-electron chi connectivity index (χ1n) is 6.39. The molecule has 20 heavy (non-hydrogen) atoms. The molecule has 1 aromatic carbocycles. The second-order valence-corrected chi connectivity index (χ2v) is 7.30. The lowest BCUT2D eigenvalue weighted by molar-refractivity contribution is 0.148. The smallest absolute Gasteiger partial charge is 0.243 e. The van der Waals surface area contributed by atoms with Crippen LogP contribution in [0.3, 0.4) is 0 Å². The van der Waals surface area contributed by atoms with E-state index in [1.54, 1.807) is 13.0 Å². The van der Waals surface area contributed by atoms with Crippen LogP contribution in [0.15, 0.2) is 17.0 Å². The quantitative estimate of drug-likeness (QED) is 0.796. The molecule has 0 spiro atoms. The van der Waals surface area contributed by atoms with E-state index in [-0.39, 0.29) is 10.8 Å². The van der Waals surface area contributed by atoms with Crippen molar-refractivity contribution in [2.75, 3.05) is 26.3 Å². The number of halogens is 2. The van der Waals surface area contributed by atoms with E-state index in [4.69, 9.17) is 27.9 Å². The molecule has 1 aliphatic heterocycles. The maximum atomic E-state index is 12.7. The Morgan fingerprint density at radius 2 is 2.05 bits per heavy atom. The van der Waals surface area contributed by atoms with E-state index < -0.39 is 10.0 Å². The number of nitrogens with zero attached hydrogens (tertiary/aromatic N) is 1. The zero-order chi connectivity index (χ0) is 14.8. The number of hydrogen-bond acceptors (Lipinski definition) is 3. The van der Waals surface area contributed by atoms with E-state index in [2.05, 4.69) is 0 Å². The molecule has 112 valence electrons. The largest absolute Gasteiger partial charge is 0.380 e. The molecule has 4 nitrogen and oxygen atoms in total. The van der Waals surface area contributed by atoms with Gasteiger partial charge in [-0.05, 0) is 36.6 Å². The predicted molar refractivity (Wildman–Crippen MR) is 79.9 cm³/mol. The summed E-state index contributed by atoms with van der Waals surface area (Å²) in [5, 5.41) is 0.385. The number of alkyl halides is 1. The number of benzene rings is 1. The molecule has 0 aliphatic carbocycles. The van der Waals surface area contributed by atoms with E-state index in [9.17, 15) is 8.42 Å². The number of ether oxygens (including phenoxy) is 1. The lowest BCUT2D eigenvalue weighted by atomic mass is 10.1. The average Bonchev–Trinajstić information content (AvgIpc) is 2.70. The molecule has 0 amide bonds. The zero-order valence-electron chi connectivity index (χ0n) is 11.2. The van der Waals surface area contributed by atoms with Gasteiger partial charge in [-0.3, -0.25) is 0 Å². The first-order valence-corrected chi connectivity index (χ1v) is 8.75. The summed E-state index contributed by atoms with van der Waals surface area (Å²) >= 11 is 11.9. The van der Waals surface area contributed by atoms with Gasteiger partial charge in [0.25, 0.3) is 0 Å². The summed E-state index contributed by atoms with van der Waals surface area (Å²) in [6.07, 6.45) is 0.696. The Bertz CT molecular complexity index is 582. The van der Waals surface area contributed by atoms with Gasteiger partial charge < -0.3 is 4.74 Å². The summed E-state index contributed by atoms with van der Waals surface area (Å²) in [6, 6.07) is 3.20. The van der Waals surface area contributed by atoms with Crippen molar-refractivity contribution in [1.29, 1.82) is 0 Å². The van der Waals surface area contributed by atoms with Crippen LogP contribution in [0.5, 0.6) is 0 Å². The summed E-state index contributed by atoms with van der Waals surface area (Å²) in [5.41, 5.74) is 1.40. The Hall–Kier alpha value is -0.330. The molecule has 2 rings (SSSR count). The fourth-order valence-electron chi connectivity index (χ4n) is 2.22. The van der Waals surface area contributed by atoms with Crippen molar-refractivity contribution >= 4 is 33.2 Å². The molecule has 0 radical (unpaired) electrons. The van der Waals surface area contributed by atoms with Gasteiger partial charge in [-0.25, -0.2) is 8.42 Å². The lowest BCUT2D eigenvalue weighted by Gasteiger charge is -2.21. The molecule has 7 heteroatoms. The summed E-state index contributed by atoms with van der Waals surface area (Å²) in [4.78, 5) is 0.238. The molecular weight excluding hydrogens is 321 g/mol. The predicted octanol–water partition coefficient (Wildman–Crippen LogP) is 2.80. The maximum Gasteiger partial charge on any atom is 0.243 e. The van der Waals surface area contributed by atoms with Crippen molar-refractivity contribution in [3.05, 3.63) is 28.3 Å². The molecule has 1 fully saturated rings. The molecule has 0 saturated carbocycles. The Kier molecular flexibility index (Phi) is 5.31. The average molecular weight is 338 g/mol. The van der Waals surface area contributed by atoms with Gasteiger partial charge in [0.15, 0.2) is 0 Å². The van der Waals surface area contributed by atoms with Gasteiger partial charge in [-0.15, -0.1) is 11.6 Å². The van der Waals surface area contributed by atoms with Crippen LogP contribution in [0.25, 0.3) is 0 Å².